The third-order valence-electron chi connectivity index (χ3n) is 7.32. The number of aryl methyl sites for hydroxylation is 1. The van der Waals surface area contributed by atoms with E-state index in [-0.39, 0.29) is 24.3 Å². The van der Waals surface area contributed by atoms with Crippen LogP contribution in [-0.2, 0) is 27.5 Å². The Labute approximate surface area is 209 Å². The molecule has 9 nitrogen and oxygen atoms in total. The van der Waals surface area contributed by atoms with Gasteiger partial charge in [-0.05, 0) is 62.9 Å². The fourth-order valence-corrected chi connectivity index (χ4v) is 5.11. The number of nitrogens with zero attached hydrogens (tertiary/aromatic N) is 3. The zero-order valence-corrected chi connectivity index (χ0v) is 21.8. The number of carbonyl (C=O) groups is 3. The molecule has 198 valence electrons. The fraction of sp³-hybridized carbons (Fsp3) is 0.654. The molecule has 2 saturated heterocycles. The van der Waals surface area contributed by atoms with Gasteiger partial charge in [0.1, 0.15) is 0 Å². The average molecular weight is 493 g/mol. The third-order valence-corrected chi connectivity index (χ3v) is 7.32. The number of carbonyl (C=O) groups excluding carboxylic acids is 1. The van der Waals surface area contributed by atoms with Gasteiger partial charge in [0.2, 0.25) is 5.91 Å². The van der Waals surface area contributed by atoms with Crippen molar-refractivity contribution in [2.75, 3.05) is 45.8 Å². The van der Waals surface area contributed by atoms with Gasteiger partial charge < -0.3 is 20.8 Å². The first-order chi connectivity index (χ1) is 16.7. The number of carboxylic acid groups (broad SMARTS) is 2. The molecule has 1 unspecified atom stereocenters. The summed E-state index contributed by atoms with van der Waals surface area (Å²) in [6.07, 6.45) is 2.81. The number of piperazine rings is 1. The molecule has 0 saturated carbocycles. The van der Waals surface area contributed by atoms with E-state index in [9.17, 15) is 4.79 Å². The Morgan fingerprint density at radius 2 is 1.43 bits per heavy atom. The molecule has 0 aliphatic carbocycles. The van der Waals surface area contributed by atoms with Gasteiger partial charge in [-0.25, -0.2) is 0 Å². The van der Waals surface area contributed by atoms with E-state index < -0.39 is 0 Å². The summed E-state index contributed by atoms with van der Waals surface area (Å²) < 4.78 is 0. The molecule has 0 bridgehead atoms. The predicted molar refractivity (Wildman–Crippen MR) is 137 cm³/mol. The van der Waals surface area contributed by atoms with E-state index in [0.29, 0.717) is 0 Å². The van der Waals surface area contributed by atoms with Crippen molar-refractivity contribution in [1.82, 2.24) is 14.7 Å². The van der Waals surface area contributed by atoms with Gasteiger partial charge in [0.05, 0.1) is 5.41 Å². The smallest absolute Gasteiger partial charge is 0.290 e. The van der Waals surface area contributed by atoms with E-state index in [1.165, 1.54) is 35.3 Å². The summed E-state index contributed by atoms with van der Waals surface area (Å²) in [5, 5.41) is 13.8. The van der Waals surface area contributed by atoms with E-state index in [2.05, 4.69) is 54.5 Å². The normalized spacial score (nSPS) is 21.1. The molecule has 9 heteroatoms. The monoisotopic (exact) mass is 492 g/mol. The summed E-state index contributed by atoms with van der Waals surface area (Å²) in [6.45, 7) is 17.9. The van der Waals surface area contributed by atoms with Crippen LogP contribution in [0.2, 0.25) is 0 Å². The molecular formula is C26H44N4O5. The highest BCUT2D eigenvalue weighted by Crippen LogP contribution is 2.34. The number of hydrogen-bond acceptors (Lipinski definition) is 6. The molecule has 3 rings (SSSR count). The molecule has 1 amide bonds. The van der Waals surface area contributed by atoms with Crippen LogP contribution in [0, 0.1) is 19.3 Å². The Balaban J connectivity index is 0.000000926. The van der Waals surface area contributed by atoms with Crippen molar-refractivity contribution in [2.24, 2.45) is 11.1 Å². The van der Waals surface area contributed by atoms with Gasteiger partial charge in [0.15, 0.2) is 0 Å². The fourth-order valence-electron chi connectivity index (χ4n) is 5.11. The first kappa shape index (κ1) is 30.5. The van der Waals surface area contributed by atoms with Gasteiger partial charge in [-0.2, -0.15) is 0 Å². The number of rotatable bonds is 7. The van der Waals surface area contributed by atoms with E-state index in [1.54, 1.807) is 0 Å². The van der Waals surface area contributed by atoms with Crippen LogP contribution in [0.4, 0.5) is 0 Å². The molecule has 2 fully saturated rings. The molecule has 0 radical (unpaired) electrons. The Morgan fingerprint density at radius 1 is 0.943 bits per heavy atom. The van der Waals surface area contributed by atoms with Crippen LogP contribution in [0.15, 0.2) is 12.1 Å². The van der Waals surface area contributed by atoms with Gasteiger partial charge in [0.25, 0.3) is 12.9 Å². The maximum Gasteiger partial charge on any atom is 0.290 e. The summed E-state index contributed by atoms with van der Waals surface area (Å²) in [7, 11) is 0. The Morgan fingerprint density at radius 3 is 1.89 bits per heavy atom. The maximum absolute atomic E-state index is 12.1. The minimum atomic E-state index is -0.349. The quantitative estimate of drug-likeness (QED) is 0.495. The number of nitrogens with two attached hydrogens (primary N) is 1. The van der Waals surface area contributed by atoms with Crippen molar-refractivity contribution < 1.29 is 24.6 Å². The molecule has 1 aromatic carbocycles. The average Bonchev–Trinajstić information content (AvgIpc) is 2.83. The highest BCUT2D eigenvalue weighted by Gasteiger charge is 2.39. The predicted octanol–water partition coefficient (Wildman–Crippen LogP) is 2.32. The third kappa shape index (κ3) is 9.23. The SMILES string of the molecule is CCN1CCN(Cc2cc(C)cc(CN3CCCC(CC)(C(N)=O)C3)c2C)CC1.O=CO.O=CO. The lowest BCUT2D eigenvalue weighted by atomic mass is 9.77. The van der Waals surface area contributed by atoms with Crippen LogP contribution in [0.5, 0.6) is 0 Å². The zero-order chi connectivity index (χ0) is 26.4. The van der Waals surface area contributed by atoms with Crippen LogP contribution >= 0.6 is 0 Å². The number of primary amides is 1. The van der Waals surface area contributed by atoms with Crippen molar-refractivity contribution in [3.05, 3.63) is 34.4 Å². The zero-order valence-electron chi connectivity index (χ0n) is 21.8. The topological polar surface area (TPSA) is 127 Å². The Kier molecular flexibility index (Phi) is 13.5. The number of likely N-dealkylation sites (N-methyl/N-ethyl adjacent to an activating group) is 1. The number of hydrogen-bond donors (Lipinski definition) is 3. The Bertz CT molecular complexity index is 805. The molecule has 35 heavy (non-hydrogen) atoms. The van der Waals surface area contributed by atoms with E-state index in [0.717, 1.165) is 65.1 Å². The van der Waals surface area contributed by atoms with Crippen LogP contribution in [0.1, 0.15) is 55.4 Å². The van der Waals surface area contributed by atoms with Crippen molar-refractivity contribution in [2.45, 2.75) is 60.0 Å². The number of piperidine rings is 1. The van der Waals surface area contributed by atoms with Gasteiger partial charge in [-0.15, -0.1) is 0 Å². The van der Waals surface area contributed by atoms with Crippen molar-refractivity contribution in [3.63, 3.8) is 0 Å². The molecule has 2 heterocycles. The highest BCUT2D eigenvalue weighted by atomic mass is 16.3. The maximum atomic E-state index is 12.1. The lowest BCUT2D eigenvalue weighted by molar-refractivity contribution is -0.131. The second-order valence-electron chi connectivity index (χ2n) is 9.44. The van der Waals surface area contributed by atoms with Crippen LogP contribution in [-0.4, -0.2) is 89.6 Å². The first-order valence-corrected chi connectivity index (χ1v) is 12.4. The van der Waals surface area contributed by atoms with Crippen molar-refractivity contribution in [1.29, 1.82) is 0 Å². The molecule has 1 aromatic rings. The van der Waals surface area contributed by atoms with Gasteiger partial charge >= 0.3 is 0 Å². The molecule has 0 aromatic heterocycles. The van der Waals surface area contributed by atoms with Crippen molar-refractivity contribution >= 4 is 18.9 Å². The lowest BCUT2D eigenvalue weighted by Crippen LogP contribution is -2.49. The summed E-state index contributed by atoms with van der Waals surface area (Å²) in [5.74, 6) is -0.127. The minimum absolute atomic E-state index is 0.127. The summed E-state index contributed by atoms with van der Waals surface area (Å²) >= 11 is 0. The number of amides is 1. The standard InChI is InChI=1S/C24H40N4O.2CH2O2/c1-5-24(23(25)29)8-7-9-28(18-24)17-22-15-19(3)14-21(20(22)4)16-27-12-10-26(6-2)11-13-27;2*2-1-3/h14-15H,5-13,16-18H2,1-4H3,(H2,25,29);2*1H,(H,2,3). The molecule has 2 aliphatic rings. The second kappa shape index (κ2) is 15.5. The van der Waals surface area contributed by atoms with Crippen LogP contribution in [0.25, 0.3) is 0 Å². The summed E-state index contributed by atoms with van der Waals surface area (Å²) in [4.78, 5) is 36.4. The summed E-state index contributed by atoms with van der Waals surface area (Å²) in [6, 6.07) is 4.70. The van der Waals surface area contributed by atoms with Crippen molar-refractivity contribution in [3.8, 4) is 0 Å². The minimum Gasteiger partial charge on any atom is -0.483 e. The first-order valence-electron chi connectivity index (χ1n) is 12.4. The number of benzene rings is 1. The van der Waals surface area contributed by atoms with Gasteiger partial charge in [0, 0.05) is 45.8 Å². The molecule has 0 spiro atoms. The lowest BCUT2D eigenvalue weighted by Gasteiger charge is -2.40. The molecule has 2 aliphatic heterocycles. The molecule has 1 atom stereocenters. The van der Waals surface area contributed by atoms with Gasteiger partial charge in [-0.3, -0.25) is 24.2 Å². The van der Waals surface area contributed by atoms with E-state index in [1.807, 2.05) is 0 Å². The summed E-state index contributed by atoms with van der Waals surface area (Å²) in [5.41, 5.74) is 11.1. The largest absolute Gasteiger partial charge is 0.483 e. The van der Waals surface area contributed by atoms with Crippen LogP contribution < -0.4 is 5.73 Å². The van der Waals surface area contributed by atoms with E-state index >= 15 is 0 Å². The second-order valence-corrected chi connectivity index (χ2v) is 9.44. The molecule has 4 N–H and O–H groups in total. The Hall–Kier alpha value is -2.49. The highest BCUT2D eigenvalue weighted by molar-refractivity contribution is 5.81. The van der Waals surface area contributed by atoms with Gasteiger partial charge in [-0.1, -0.05) is 31.5 Å². The number of likely N-dealkylation sites (tertiary alicyclic amines) is 1. The molecular weight excluding hydrogens is 448 g/mol. The van der Waals surface area contributed by atoms with E-state index in [4.69, 9.17) is 25.5 Å². The van der Waals surface area contributed by atoms with Crippen LogP contribution in [0.3, 0.4) is 0 Å².